The molecule has 1 unspecified atom stereocenters. The third-order valence-electron chi connectivity index (χ3n) is 3.65. The van der Waals surface area contributed by atoms with Crippen molar-refractivity contribution in [2.75, 3.05) is 13.7 Å². The number of H-pyrrole nitrogens is 1. The molecule has 0 amide bonds. The number of rotatable bonds is 6. The first-order valence-corrected chi connectivity index (χ1v) is 6.20. The number of nitrogens with one attached hydrogen (secondary N) is 2. The zero-order chi connectivity index (χ0) is 13.2. The summed E-state index contributed by atoms with van der Waals surface area (Å²) in [5.41, 5.74) is 1.21. The maximum absolute atomic E-state index is 11.3. The molecule has 0 radical (unpaired) electrons. The van der Waals surface area contributed by atoms with Gasteiger partial charge >= 0.3 is 5.97 Å². The molecular weight excluding hydrogens is 232 g/mol. The van der Waals surface area contributed by atoms with Crippen LogP contribution in [0.5, 0.6) is 0 Å². The molecule has 100 valence electrons. The SMILES string of the molecule is COC(=O)c1cc(CNC(C)(CO)C2CC2)c[nH]1. The number of esters is 1. The molecule has 5 nitrogen and oxygen atoms in total. The number of hydrogen-bond donors (Lipinski definition) is 3. The van der Waals surface area contributed by atoms with Crippen LogP contribution in [0.2, 0.25) is 0 Å². The van der Waals surface area contributed by atoms with E-state index in [4.69, 9.17) is 0 Å². The van der Waals surface area contributed by atoms with E-state index >= 15 is 0 Å². The average Bonchev–Trinajstić information content (AvgIpc) is 3.15. The number of aliphatic hydroxyl groups is 1. The van der Waals surface area contributed by atoms with Crippen molar-refractivity contribution in [2.45, 2.75) is 31.8 Å². The Bertz CT molecular complexity index is 426. The first-order chi connectivity index (χ1) is 8.59. The zero-order valence-corrected chi connectivity index (χ0v) is 10.8. The molecule has 1 aliphatic rings. The van der Waals surface area contributed by atoms with Crippen LogP contribution in [0.3, 0.4) is 0 Å². The number of methoxy groups -OCH3 is 1. The van der Waals surface area contributed by atoms with Gasteiger partial charge in [-0.1, -0.05) is 0 Å². The molecule has 2 rings (SSSR count). The van der Waals surface area contributed by atoms with E-state index in [0.717, 1.165) is 5.56 Å². The highest BCUT2D eigenvalue weighted by molar-refractivity contribution is 5.87. The van der Waals surface area contributed by atoms with Gasteiger partial charge in [0.2, 0.25) is 0 Å². The van der Waals surface area contributed by atoms with Crippen LogP contribution in [-0.4, -0.2) is 35.3 Å². The average molecular weight is 252 g/mol. The molecule has 0 bridgehead atoms. The molecule has 1 aromatic rings. The van der Waals surface area contributed by atoms with Crippen LogP contribution >= 0.6 is 0 Å². The summed E-state index contributed by atoms with van der Waals surface area (Å²) >= 11 is 0. The Morgan fingerprint density at radius 1 is 1.67 bits per heavy atom. The van der Waals surface area contributed by atoms with Crippen LogP contribution in [0.4, 0.5) is 0 Å². The lowest BCUT2D eigenvalue weighted by Crippen LogP contribution is -2.47. The molecular formula is C13H20N2O3. The van der Waals surface area contributed by atoms with E-state index in [2.05, 4.69) is 15.0 Å². The van der Waals surface area contributed by atoms with Crippen LogP contribution in [0, 0.1) is 5.92 Å². The quantitative estimate of drug-likeness (QED) is 0.662. The molecule has 0 aromatic carbocycles. The Morgan fingerprint density at radius 2 is 2.39 bits per heavy atom. The van der Waals surface area contributed by atoms with E-state index in [9.17, 15) is 9.90 Å². The molecule has 3 N–H and O–H groups in total. The highest BCUT2D eigenvalue weighted by Crippen LogP contribution is 2.39. The van der Waals surface area contributed by atoms with Crippen molar-refractivity contribution in [3.05, 3.63) is 23.5 Å². The van der Waals surface area contributed by atoms with Gasteiger partial charge in [0.25, 0.3) is 0 Å². The Kier molecular flexibility index (Phi) is 3.73. The van der Waals surface area contributed by atoms with E-state index in [0.29, 0.717) is 18.2 Å². The Morgan fingerprint density at radius 3 is 2.94 bits per heavy atom. The summed E-state index contributed by atoms with van der Waals surface area (Å²) in [5, 5.41) is 12.8. The minimum Gasteiger partial charge on any atom is -0.464 e. The molecule has 1 atom stereocenters. The van der Waals surface area contributed by atoms with Crippen molar-refractivity contribution in [3.63, 3.8) is 0 Å². The molecule has 5 heteroatoms. The number of hydrogen-bond acceptors (Lipinski definition) is 4. The Hall–Kier alpha value is -1.33. The van der Waals surface area contributed by atoms with E-state index in [1.807, 2.05) is 6.92 Å². The van der Waals surface area contributed by atoms with Crippen molar-refractivity contribution in [2.24, 2.45) is 5.92 Å². The van der Waals surface area contributed by atoms with Crippen molar-refractivity contribution in [1.82, 2.24) is 10.3 Å². The number of aliphatic hydroxyl groups excluding tert-OH is 1. The van der Waals surface area contributed by atoms with Crippen LogP contribution in [0.1, 0.15) is 35.8 Å². The summed E-state index contributed by atoms with van der Waals surface area (Å²) in [6, 6.07) is 1.77. The molecule has 18 heavy (non-hydrogen) atoms. The minimum absolute atomic E-state index is 0.131. The maximum atomic E-state index is 11.3. The fraction of sp³-hybridized carbons (Fsp3) is 0.615. The standard InChI is InChI=1S/C13H20N2O3/c1-13(8-16,10-3-4-10)15-7-9-5-11(14-6-9)12(17)18-2/h5-6,10,14-16H,3-4,7-8H2,1-2H3. The number of aromatic amines is 1. The van der Waals surface area contributed by atoms with Crippen LogP contribution in [-0.2, 0) is 11.3 Å². The fourth-order valence-corrected chi connectivity index (χ4v) is 2.12. The molecule has 0 saturated heterocycles. The topological polar surface area (TPSA) is 74.3 Å². The Labute approximate surface area is 107 Å². The first kappa shape index (κ1) is 13.1. The summed E-state index contributed by atoms with van der Waals surface area (Å²) < 4.78 is 4.63. The second-order valence-corrected chi connectivity index (χ2v) is 5.12. The third kappa shape index (κ3) is 2.73. The zero-order valence-electron chi connectivity index (χ0n) is 10.8. The van der Waals surface area contributed by atoms with Crippen LogP contribution in [0.15, 0.2) is 12.3 Å². The first-order valence-electron chi connectivity index (χ1n) is 6.20. The van der Waals surface area contributed by atoms with Crippen molar-refractivity contribution < 1.29 is 14.6 Å². The largest absolute Gasteiger partial charge is 0.464 e. The lowest BCUT2D eigenvalue weighted by Gasteiger charge is -2.28. The summed E-state index contributed by atoms with van der Waals surface area (Å²) in [6.45, 7) is 2.80. The van der Waals surface area contributed by atoms with E-state index in [1.54, 1.807) is 12.3 Å². The monoisotopic (exact) mass is 252 g/mol. The summed E-state index contributed by atoms with van der Waals surface area (Å²) in [6.07, 6.45) is 4.12. The number of carbonyl (C=O) groups is 1. The van der Waals surface area contributed by atoms with Gasteiger partial charge in [-0.15, -0.1) is 0 Å². The van der Waals surface area contributed by atoms with Gasteiger partial charge in [-0.2, -0.15) is 0 Å². The second-order valence-electron chi connectivity index (χ2n) is 5.12. The smallest absolute Gasteiger partial charge is 0.354 e. The number of ether oxygens (including phenoxy) is 1. The van der Waals surface area contributed by atoms with Crippen molar-refractivity contribution >= 4 is 5.97 Å². The minimum atomic E-state index is -0.367. The van der Waals surface area contributed by atoms with Gasteiger partial charge in [0.1, 0.15) is 5.69 Å². The molecule has 1 aromatic heterocycles. The summed E-state index contributed by atoms with van der Waals surface area (Å²) in [7, 11) is 1.36. The Balaban J connectivity index is 1.93. The van der Waals surface area contributed by atoms with Gasteiger partial charge in [-0.25, -0.2) is 4.79 Å². The summed E-state index contributed by atoms with van der Waals surface area (Å²) in [4.78, 5) is 14.2. The normalized spacial score (nSPS) is 18.4. The van der Waals surface area contributed by atoms with Gasteiger partial charge in [-0.3, -0.25) is 0 Å². The van der Waals surface area contributed by atoms with Gasteiger partial charge in [0.05, 0.1) is 13.7 Å². The lowest BCUT2D eigenvalue weighted by atomic mass is 9.97. The lowest BCUT2D eigenvalue weighted by molar-refractivity contribution is 0.0595. The molecule has 1 saturated carbocycles. The maximum Gasteiger partial charge on any atom is 0.354 e. The molecule has 1 heterocycles. The summed E-state index contributed by atoms with van der Waals surface area (Å²) in [5.74, 6) is 0.190. The fourth-order valence-electron chi connectivity index (χ4n) is 2.12. The second kappa shape index (κ2) is 5.12. The van der Waals surface area contributed by atoms with Gasteiger partial charge in [0, 0.05) is 18.3 Å². The molecule has 0 aliphatic heterocycles. The van der Waals surface area contributed by atoms with E-state index in [-0.39, 0.29) is 18.1 Å². The highest BCUT2D eigenvalue weighted by atomic mass is 16.5. The predicted molar refractivity (Wildman–Crippen MR) is 67.2 cm³/mol. The molecule has 0 spiro atoms. The predicted octanol–water partition coefficient (Wildman–Crippen LogP) is 1.05. The highest BCUT2D eigenvalue weighted by Gasteiger charge is 2.40. The molecule has 1 aliphatic carbocycles. The van der Waals surface area contributed by atoms with Crippen molar-refractivity contribution in [1.29, 1.82) is 0 Å². The number of aromatic nitrogens is 1. The van der Waals surface area contributed by atoms with E-state index in [1.165, 1.54) is 20.0 Å². The van der Waals surface area contributed by atoms with Gasteiger partial charge in [0.15, 0.2) is 0 Å². The van der Waals surface area contributed by atoms with Gasteiger partial charge < -0.3 is 20.1 Å². The van der Waals surface area contributed by atoms with Gasteiger partial charge in [-0.05, 0) is 37.3 Å². The van der Waals surface area contributed by atoms with Crippen molar-refractivity contribution in [3.8, 4) is 0 Å². The number of carbonyl (C=O) groups excluding carboxylic acids is 1. The van der Waals surface area contributed by atoms with Crippen LogP contribution < -0.4 is 5.32 Å². The molecule has 1 fully saturated rings. The van der Waals surface area contributed by atoms with Crippen LogP contribution in [0.25, 0.3) is 0 Å². The van der Waals surface area contributed by atoms with E-state index < -0.39 is 0 Å². The third-order valence-corrected chi connectivity index (χ3v) is 3.65.